The van der Waals surface area contributed by atoms with Crippen LogP contribution in [0.25, 0.3) is 0 Å². The van der Waals surface area contributed by atoms with E-state index in [9.17, 15) is 9.59 Å². The van der Waals surface area contributed by atoms with Crippen LogP contribution in [0.15, 0.2) is 12.1 Å². The molecule has 0 bridgehead atoms. The van der Waals surface area contributed by atoms with E-state index in [1.165, 1.54) is 19.3 Å². The van der Waals surface area contributed by atoms with Crippen LogP contribution in [0.1, 0.15) is 35.2 Å². The number of carbonyl (C=O) groups excluding carboxylic acids is 2. The molecule has 1 amide bonds. The van der Waals surface area contributed by atoms with Crippen molar-refractivity contribution in [2.45, 2.75) is 26.2 Å². The van der Waals surface area contributed by atoms with Gasteiger partial charge in [0.05, 0.1) is 18.4 Å². The van der Waals surface area contributed by atoms with Gasteiger partial charge in [-0.25, -0.2) is 0 Å². The minimum atomic E-state index is -0.431. The number of anilines is 1. The first-order valence-electron chi connectivity index (χ1n) is 7.89. The number of hydrogen-bond donors (Lipinski definition) is 0. The second-order valence-electron chi connectivity index (χ2n) is 6.00. The predicted octanol–water partition coefficient (Wildman–Crippen LogP) is 2.02. The molecule has 2 heterocycles. The molecule has 1 aromatic rings. The van der Waals surface area contributed by atoms with Crippen LogP contribution in [-0.4, -0.2) is 49.9 Å². The molecule has 2 aliphatic heterocycles. The van der Waals surface area contributed by atoms with Gasteiger partial charge in [0, 0.05) is 13.1 Å². The van der Waals surface area contributed by atoms with Gasteiger partial charge in [-0.05, 0) is 44.5 Å². The Kier molecular flexibility index (Phi) is 4.16. The lowest BCUT2D eigenvalue weighted by molar-refractivity contribution is -0.114. The molecule has 0 radical (unpaired) electrons. The van der Waals surface area contributed by atoms with Gasteiger partial charge in [-0.3, -0.25) is 9.59 Å². The molecule has 118 valence electrons. The number of benzene rings is 1. The van der Waals surface area contributed by atoms with E-state index in [1.807, 2.05) is 19.1 Å². The molecule has 5 heteroatoms. The molecule has 2 aliphatic rings. The lowest BCUT2D eigenvalue weighted by Crippen LogP contribution is -2.40. The number of nitrogens with zero attached hydrogens (tertiary/aromatic N) is 2. The topological polar surface area (TPSA) is 49.9 Å². The number of amides is 1. The van der Waals surface area contributed by atoms with E-state index in [0.717, 1.165) is 25.2 Å². The minimum Gasteiger partial charge on any atom is -0.495 e. The van der Waals surface area contributed by atoms with Gasteiger partial charge in [-0.2, -0.15) is 0 Å². The van der Waals surface area contributed by atoms with Crippen molar-refractivity contribution in [3.8, 4) is 5.75 Å². The molecule has 1 saturated heterocycles. The number of hydrogen-bond acceptors (Lipinski definition) is 4. The van der Waals surface area contributed by atoms with E-state index < -0.39 is 11.7 Å². The summed E-state index contributed by atoms with van der Waals surface area (Å²) in [7, 11) is 1.57. The van der Waals surface area contributed by atoms with Crippen LogP contribution in [0.4, 0.5) is 5.69 Å². The van der Waals surface area contributed by atoms with Gasteiger partial charge in [0.2, 0.25) is 0 Å². The molecule has 1 fully saturated rings. The van der Waals surface area contributed by atoms with Crippen LogP contribution in [0.3, 0.4) is 0 Å². The summed E-state index contributed by atoms with van der Waals surface area (Å²) in [5.41, 5.74) is 1.98. The smallest absolute Gasteiger partial charge is 0.299 e. The SMILES string of the molecule is COc1ccc(C)c2c1N(CCN1CCCCC1)C(=O)C2=O. The third kappa shape index (κ3) is 2.50. The van der Waals surface area contributed by atoms with E-state index >= 15 is 0 Å². The lowest BCUT2D eigenvalue weighted by atomic mass is 10.0. The first-order chi connectivity index (χ1) is 10.6. The molecule has 0 N–H and O–H groups in total. The van der Waals surface area contributed by atoms with Crippen molar-refractivity contribution >= 4 is 17.4 Å². The minimum absolute atomic E-state index is 0.412. The maximum absolute atomic E-state index is 12.4. The summed E-state index contributed by atoms with van der Waals surface area (Å²) >= 11 is 0. The molecular formula is C17H22N2O3. The average molecular weight is 302 g/mol. The molecule has 0 unspecified atom stereocenters. The van der Waals surface area contributed by atoms with Gasteiger partial charge >= 0.3 is 0 Å². The van der Waals surface area contributed by atoms with Gasteiger partial charge in [0.15, 0.2) is 0 Å². The molecule has 1 aromatic carbocycles. The van der Waals surface area contributed by atoms with E-state index in [-0.39, 0.29) is 0 Å². The number of methoxy groups -OCH3 is 1. The molecule has 5 nitrogen and oxygen atoms in total. The summed E-state index contributed by atoms with van der Waals surface area (Å²) in [5, 5.41) is 0. The van der Waals surface area contributed by atoms with Crippen LogP contribution >= 0.6 is 0 Å². The van der Waals surface area contributed by atoms with Crippen molar-refractivity contribution < 1.29 is 14.3 Å². The quantitative estimate of drug-likeness (QED) is 0.799. The first kappa shape index (κ1) is 15.0. The van der Waals surface area contributed by atoms with Crippen molar-refractivity contribution in [3.05, 3.63) is 23.3 Å². The van der Waals surface area contributed by atoms with Gasteiger partial charge in [0.1, 0.15) is 5.75 Å². The third-order valence-electron chi connectivity index (χ3n) is 4.59. The fourth-order valence-electron chi connectivity index (χ4n) is 3.36. The fourth-order valence-corrected chi connectivity index (χ4v) is 3.36. The molecule has 0 aromatic heterocycles. The number of rotatable bonds is 4. The molecule has 22 heavy (non-hydrogen) atoms. The zero-order chi connectivity index (χ0) is 15.7. The van der Waals surface area contributed by atoms with Crippen molar-refractivity contribution in [3.63, 3.8) is 0 Å². The normalized spacial score (nSPS) is 18.7. The lowest BCUT2D eigenvalue weighted by Gasteiger charge is -2.28. The van der Waals surface area contributed by atoms with Crippen molar-refractivity contribution in [1.29, 1.82) is 0 Å². The molecule has 0 spiro atoms. The molecule has 0 atom stereocenters. The largest absolute Gasteiger partial charge is 0.495 e. The number of piperidine rings is 1. The third-order valence-corrected chi connectivity index (χ3v) is 4.59. The highest BCUT2D eigenvalue weighted by molar-refractivity contribution is 6.53. The van der Waals surface area contributed by atoms with Gasteiger partial charge < -0.3 is 14.5 Å². The second kappa shape index (κ2) is 6.08. The summed E-state index contributed by atoms with van der Waals surface area (Å²) in [6.45, 7) is 5.35. The number of ether oxygens (including phenoxy) is 1. The summed E-state index contributed by atoms with van der Waals surface area (Å²) in [6.07, 6.45) is 3.71. The van der Waals surface area contributed by atoms with Crippen LogP contribution in [-0.2, 0) is 4.79 Å². The summed E-state index contributed by atoms with van der Waals surface area (Å²) in [6, 6.07) is 3.66. The Morgan fingerprint density at radius 2 is 1.82 bits per heavy atom. The van der Waals surface area contributed by atoms with Crippen LogP contribution in [0.5, 0.6) is 5.75 Å². The Hall–Kier alpha value is -1.88. The number of likely N-dealkylation sites (tertiary alicyclic amines) is 1. The van der Waals surface area contributed by atoms with Crippen LogP contribution in [0, 0.1) is 6.92 Å². The highest BCUT2D eigenvalue weighted by Gasteiger charge is 2.39. The van der Waals surface area contributed by atoms with E-state index in [2.05, 4.69) is 4.90 Å². The Balaban J connectivity index is 1.85. The maximum atomic E-state index is 12.4. The summed E-state index contributed by atoms with van der Waals surface area (Å²) < 4.78 is 5.37. The highest BCUT2D eigenvalue weighted by atomic mass is 16.5. The van der Waals surface area contributed by atoms with E-state index in [4.69, 9.17) is 4.74 Å². The Bertz CT molecular complexity index is 606. The van der Waals surface area contributed by atoms with Gasteiger partial charge in [0.25, 0.3) is 11.7 Å². The van der Waals surface area contributed by atoms with E-state index in [0.29, 0.717) is 23.5 Å². The zero-order valence-electron chi connectivity index (χ0n) is 13.2. The van der Waals surface area contributed by atoms with Gasteiger partial charge in [-0.1, -0.05) is 12.5 Å². The van der Waals surface area contributed by atoms with Crippen LogP contribution < -0.4 is 9.64 Å². The molecular weight excluding hydrogens is 280 g/mol. The Morgan fingerprint density at radius 1 is 1.09 bits per heavy atom. The average Bonchev–Trinajstić information content (AvgIpc) is 2.80. The first-order valence-corrected chi connectivity index (χ1v) is 7.89. The maximum Gasteiger partial charge on any atom is 0.299 e. The zero-order valence-corrected chi connectivity index (χ0v) is 13.2. The predicted molar refractivity (Wildman–Crippen MR) is 84.7 cm³/mol. The Morgan fingerprint density at radius 3 is 2.50 bits per heavy atom. The highest BCUT2D eigenvalue weighted by Crippen LogP contribution is 2.39. The van der Waals surface area contributed by atoms with Crippen molar-refractivity contribution in [2.75, 3.05) is 38.2 Å². The van der Waals surface area contributed by atoms with E-state index in [1.54, 1.807) is 12.0 Å². The summed E-state index contributed by atoms with van der Waals surface area (Å²) in [4.78, 5) is 28.6. The Labute approximate surface area is 130 Å². The second-order valence-corrected chi connectivity index (χ2v) is 6.00. The number of carbonyl (C=O) groups is 2. The molecule has 3 rings (SSSR count). The summed E-state index contributed by atoms with van der Waals surface area (Å²) in [5.74, 6) is -0.247. The molecule has 0 aliphatic carbocycles. The van der Waals surface area contributed by atoms with Crippen LogP contribution in [0.2, 0.25) is 0 Å². The number of ketones is 1. The standard InChI is InChI=1S/C17H22N2O3/c1-12-6-7-13(22-2)15-14(12)16(20)17(21)19(15)11-10-18-8-4-3-5-9-18/h6-7H,3-5,8-11H2,1-2H3. The number of fused-ring (bicyclic) bond motifs is 1. The molecule has 0 saturated carbocycles. The number of Topliss-reactive ketones (excluding diaryl/α,β-unsaturated/α-hetero) is 1. The number of aryl methyl sites for hydroxylation is 1. The fraction of sp³-hybridized carbons (Fsp3) is 0.529. The van der Waals surface area contributed by atoms with Crippen molar-refractivity contribution in [2.24, 2.45) is 0 Å². The monoisotopic (exact) mass is 302 g/mol. The van der Waals surface area contributed by atoms with Gasteiger partial charge in [-0.15, -0.1) is 0 Å². The van der Waals surface area contributed by atoms with Crippen molar-refractivity contribution in [1.82, 2.24) is 4.90 Å².